The topological polar surface area (TPSA) is 55.1 Å². The molecular weight excluding hydrogens is 236 g/mol. The Labute approximate surface area is 119 Å². The smallest absolute Gasteiger partial charge is 0.221 e. The van der Waals surface area contributed by atoms with Crippen molar-refractivity contribution in [1.82, 2.24) is 5.32 Å². The van der Waals surface area contributed by atoms with Crippen LogP contribution in [-0.4, -0.2) is 18.5 Å². The molecule has 114 valence electrons. The van der Waals surface area contributed by atoms with E-state index < -0.39 is 0 Å². The lowest BCUT2D eigenvalue weighted by molar-refractivity contribution is -0.122. The summed E-state index contributed by atoms with van der Waals surface area (Å²) in [7, 11) is 0. The Morgan fingerprint density at radius 3 is 2.21 bits per heavy atom. The predicted molar refractivity (Wildman–Crippen MR) is 83.0 cm³/mol. The molecule has 19 heavy (non-hydrogen) atoms. The van der Waals surface area contributed by atoms with Crippen molar-refractivity contribution in [2.75, 3.05) is 6.54 Å². The van der Waals surface area contributed by atoms with Crippen molar-refractivity contribution in [3.05, 3.63) is 0 Å². The molecule has 0 bridgehead atoms. The molecule has 0 aliphatic carbocycles. The van der Waals surface area contributed by atoms with Gasteiger partial charge in [0.05, 0.1) is 0 Å². The highest BCUT2D eigenvalue weighted by Crippen LogP contribution is 2.23. The van der Waals surface area contributed by atoms with Crippen molar-refractivity contribution >= 4 is 5.91 Å². The summed E-state index contributed by atoms with van der Waals surface area (Å²) < 4.78 is 0. The number of hydrogen-bond donors (Lipinski definition) is 2. The molecular formula is C16H34N2O. The van der Waals surface area contributed by atoms with Crippen LogP contribution in [0.1, 0.15) is 73.6 Å². The van der Waals surface area contributed by atoms with Crippen LogP contribution in [0.3, 0.4) is 0 Å². The van der Waals surface area contributed by atoms with Crippen LogP contribution in [0.15, 0.2) is 0 Å². The van der Waals surface area contributed by atoms with Gasteiger partial charge < -0.3 is 11.1 Å². The van der Waals surface area contributed by atoms with Crippen molar-refractivity contribution in [3.8, 4) is 0 Å². The first-order valence-corrected chi connectivity index (χ1v) is 7.61. The molecule has 0 aliphatic heterocycles. The van der Waals surface area contributed by atoms with Crippen molar-refractivity contribution in [3.63, 3.8) is 0 Å². The number of amides is 1. The Morgan fingerprint density at radius 2 is 1.74 bits per heavy atom. The van der Waals surface area contributed by atoms with E-state index in [0.717, 1.165) is 13.0 Å². The molecule has 0 fully saturated rings. The van der Waals surface area contributed by atoms with Gasteiger partial charge >= 0.3 is 0 Å². The molecule has 1 unspecified atom stereocenters. The standard InChI is InChI=1S/C16H34N2O/c1-7-8-9-10-16(5,6)12-18-14(19)11-13(17)15(2,3)4/h13H,7-12,17H2,1-6H3,(H,18,19). The van der Waals surface area contributed by atoms with Crippen LogP contribution in [0.2, 0.25) is 0 Å². The fourth-order valence-corrected chi connectivity index (χ4v) is 1.86. The molecule has 0 heterocycles. The summed E-state index contributed by atoms with van der Waals surface area (Å²) in [4.78, 5) is 11.9. The SMILES string of the molecule is CCCCCC(C)(C)CNC(=O)CC(N)C(C)(C)C. The summed E-state index contributed by atoms with van der Waals surface area (Å²) in [6.07, 6.45) is 5.32. The van der Waals surface area contributed by atoms with Crippen molar-refractivity contribution in [2.45, 2.75) is 79.7 Å². The van der Waals surface area contributed by atoms with Gasteiger partial charge in [0, 0.05) is 19.0 Å². The fourth-order valence-electron chi connectivity index (χ4n) is 1.86. The molecule has 0 spiro atoms. The Morgan fingerprint density at radius 1 is 1.16 bits per heavy atom. The van der Waals surface area contributed by atoms with Crippen LogP contribution in [0.4, 0.5) is 0 Å². The molecule has 3 nitrogen and oxygen atoms in total. The van der Waals surface area contributed by atoms with Crippen molar-refractivity contribution in [2.24, 2.45) is 16.6 Å². The van der Waals surface area contributed by atoms with Crippen LogP contribution in [0.5, 0.6) is 0 Å². The maximum atomic E-state index is 11.9. The van der Waals surface area contributed by atoms with Gasteiger partial charge in [-0.25, -0.2) is 0 Å². The van der Waals surface area contributed by atoms with Gasteiger partial charge in [0.1, 0.15) is 0 Å². The number of unbranched alkanes of at least 4 members (excludes halogenated alkanes) is 2. The maximum absolute atomic E-state index is 11.9. The monoisotopic (exact) mass is 270 g/mol. The number of nitrogens with two attached hydrogens (primary N) is 1. The van der Waals surface area contributed by atoms with Crippen LogP contribution in [0, 0.1) is 10.8 Å². The third kappa shape index (κ3) is 9.04. The predicted octanol–water partition coefficient (Wildman–Crippen LogP) is 3.47. The summed E-state index contributed by atoms with van der Waals surface area (Å²) in [5, 5.41) is 3.03. The Kier molecular flexibility index (Phi) is 7.65. The second-order valence-electron chi connectivity index (χ2n) is 7.57. The number of hydrogen-bond acceptors (Lipinski definition) is 2. The highest BCUT2D eigenvalue weighted by molar-refractivity contribution is 5.76. The van der Waals surface area contributed by atoms with Gasteiger partial charge in [-0.1, -0.05) is 60.8 Å². The molecule has 3 N–H and O–H groups in total. The Hall–Kier alpha value is -0.570. The number of carbonyl (C=O) groups is 1. The van der Waals surface area contributed by atoms with E-state index in [1.807, 2.05) is 0 Å². The van der Waals surface area contributed by atoms with E-state index >= 15 is 0 Å². The lowest BCUT2D eigenvalue weighted by Crippen LogP contribution is -2.42. The molecule has 0 aromatic carbocycles. The van der Waals surface area contributed by atoms with Gasteiger partial charge in [0.25, 0.3) is 0 Å². The van der Waals surface area contributed by atoms with Crippen molar-refractivity contribution < 1.29 is 4.79 Å². The van der Waals surface area contributed by atoms with Gasteiger partial charge in [-0.2, -0.15) is 0 Å². The first-order valence-electron chi connectivity index (χ1n) is 7.61. The quantitative estimate of drug-likeness (QED) is 0.664. The number of rotatable bonds is 8. The largest absolute Gasteiger partial charge is 0.356 e. The van der Waals surface area contributed by atoms with Gasteiger partial charge in [0.2, 0.25) is 5.91 Å². The van der Waals surface area contributed by atoms with E-state index in [-0.39, 0.29) is 22.8 Å². The minimum Gasteiger partial charge on any atom is -0.356 e. The molecule has 0 aromatic rings. The van der Waals surface area contributed by atoms with Crippen LogP contribution in [0.25, 0.3) is 0 Å². The maximum Gasteiger partial charge on any atom is 0.221 e. The first-order chi connectivity index (χ1) is 8.58. The zero-order valence-corrected chi connectivity index (χ0v) is 13.8. The zero-order chi connectivity index (χ0) is 15.1. The molecule has 1 atom stereocenters. The van der Waals surface area contributed by atoms with Crippen molar-refractivity contribution in [1.29, 1.82) is 0 Å². The normalized spacial score (nSPS) is 14.3. The average Bonchev–Trinajstić information content (AvgIpc) is 2.25. The molecule has 0 saturated heterocycles. The van der Waals surface area contributed by atoms with Gasteiger partial charge in [-0.05, 0) is 17.3 Å². The van der Waals surface area contributed by atoms with E-state index in [4.69, 9.17) is 5.73 Å². The zero-order valence-electron chi connectivity index (χ0n) is 13.8. The second-order valence-corrected chi connectivity index (χ2v) is 7.57. The first kappa shape index (κ1) is 18.4. The van der Waals surface area contributed by atoms with E-state index in [9.17, 15) is 4.79 Å². The van der Waals surface area contributed by atoms with Gasteiger partial charge in [-0.15, -0.1) is 0 Å². The molecule has 1 amide bonds. The fraction of sp³-hybridized carbons (Fsp3) is 0.938. The molecule has 0 aromatic heterocycles. The summed E-state index contributed by atoms with van der Waals surface area (Å²) in [5.41, 5.74) is 6.19. The minimum absolute atomic E-state index is 0.0199. The van der Waals surface area contributed by atoms with Crippen LogP contribution < -0.4 is 11.1 Å². The molecule has 0 radical (unpaired) electrons. The molecule has 0 rings (SSSR count). The molecule has 0 aliphatic rings. The Balaban J connectivity index is 4.01. The number of nitrogens with one attached hydrogen (secondary N) is 1. The lowest BCUT2D eigenvalue weighted by Gasteiger charge is -2.28. The summed E-state index contributed by atoms with van der Waals surface area (Å²) in [6.45, 7) is 13.6. The Bertz CT molecular complexity index is 266. The van der Waals surface area contributed by atoms with Gasteiger partial charge in [0.15, 0.2) is 0 Å². The third-order valence-corrected chi connectivity index (χ3v) is 3.74. The van der Waals surface area contributed by atoms with Crippen LogP contribution >= 0.6 is 0 Å². The molecule has 0 saturated carbocycles. The highest BCUT2D eigenvalue weighted by atomic mass is 16.1. The third-order valence-electron chi connectivity index (χ3n) is 3.74. The van der Waals surface area contributed by atoms with E-state index in [0.29, 0.717) is 6.42 Å². The van der Waals surface area contributed by atoms with Crippen LogP contribution in [-0.2, 0) is 4.79 Å². The van der Waals surface area contributed by atoms with E-state index in [1.165, 1.54) is 19.3 Å². The minimum atomic E-state index is -0.0873. The summed E-state index contributed by atoms with van der Waals surface area (Å²) >= 11 is 0. The van der Waals surface area contributed by atoms with E-state index in [2.05, 4.69) is 46.9 Å². The van der Waals surface area contributed by atoms with E-state index in [1.54, 1.807) is 0 Å². The molecule has 3 heteroatoms. The lowest BCUT2D eigenvalue weighted by atomic mass is 9.84. The average molecular weight is 270 g/mol. The highest BCUT2D eigenvalue weighted by Gasteiger charge is 2.24. The summed E-state index contributed by atoms with van der Waals surface area (Å²) in [5.74, 6) is 0.0750. The number of carbonyl (C=O) groups excluding carboxylic acids is 1. The van der Waals surface area contributed by atoms with Gasteiger partial charge in [-0.3, -0.25) is 4.79 Å². The second kappa shape index (κ2) is 7.88. The summed E-state index contributed by atoms with van der Waals surface area (Å²) in [6, 6.07) is -0.0873.